The van der Waals surface area contributed by atoms with Gasteiger partial charge in [0.05, 0.1) is 7.11 Å². The fourth-order valence-corrected chi connectivity index (χ4v) is 3.34. The molecule has 0 bridgehead atoms. The van der Waals surface area contributed by atoms with Crippen molar-refractivity contribution in [3.05, 3.63) is 29.8 Å². The normalized spacial score (nSPS) is 17.6. The van der Waals surface area contributed by atoms with E-state index in [1.807, 2.05) is 12.1 Å². The molecular formula is C21H37N5O. The van der Waals surface area contributed by atoms with Crippen LogP contribution < -0.4 is 15.4 Å². The highest BCUT2D eigenvalue weighted by Gasteiger charge is 2.16. The maximum atomic E-state index is 5.43. The maximum absolute atomic E-state index is 5.43. The van der Waals surface area contributed by atoms with Crippen molar-refractivity contribution in [2.24, 2.45) is 10.9 Å². The van der Waals surface area contributed by atoms with Crippen molar-refractivity contribution in [3.8, 4) is 5.75 Å². The van der Waals surface area contributed by atoms with Crippen LogP contribution in [0, 0.1) is 5.92 Å². The summed E-state index contributed by atoms with van der Waals surface area (Å²) in [6.07, 6.45) is 0.908. The molecule has 0 aromatic heterocycles. The van der Waals surface area contributed by atoms with E-state index in [0.717, 1.165) is 44.3 Å². The van der Waals surface area contributed by atoms with Gasteiger partial charge in [0.15, 0.2) is 5.96 Å². The molecule has 1 heterocycles. The van der Waals surface area contributed by atoms with E-state index >= 15 is 0 Å². The third-order valence-electron chi connectivity index (χ3n) is 4.95. The van der Waals surface area contributed by atoms with Crippen LogP contribution in [0.25, 0.3) is 0 Å². The number of piperazine rings is 1. The van der Waals surface area contributed by atoms with Crippen LogP contribution in [-0.4, -0.2) is 82.3 Å². The molecule has 152 valence electrons. The monoisotopic (exact) mass is 375 g/mol. The number of aliphatic imine (C=N–C) groups is 1. The number of nitrogens with one attached hydrogen (secondary N) is 2. The quantitative estimate of drug-likeness (QED) is 0.508. The van der Waals surface area contributed by atoms with Crippen LogP contribution in [0.1, 0.15) is 19.4 Å². The zero-order chi connectivity index (χ0) is 19.5. The summed E-state index contributed by atoms with van der Waals surface area (Å²) < 4.78 is 5.43. The maximum Gasteiger partial charge on any atom is 0.191 e. The second-order valence-corrected chi connectivity index (χ2v) is 7.42. The minimum atomic E-state index is 0.554. The van der Waals surface area contributed by atoms with Gasteiger partial charge in [-0.1, -0.05) is 25.1 Å². The molecule has 6 nitrogen and oxygen atoms in total. The summed E-state index contributed by atoms with van der Waals surface area (Å²) in [5.41, 5.74) is 1.21. The lowest BCUT2D eigenvalue weighted by Crippen LogP contribution is -2.46. The fraction of sp³-hybridized carbons (Fsp3) is 0.667. The van der Waals surface area contributed by atoms with Crippen molar-refractivity contribution in [3.63, 3.8) is 0 Å². The first-order valence-electron chi connectivity index (χ1n) is 10.2. The van der Waals surface area contributed by atoms with Crippen molar-refractivity contribution >= 4 is 5.96 Å². The molecule has 2 rings (SSSR count). The lowest BCUT2D eigenvalue weighted by atomic mass is 10.1. The van der Waals surface area contributed by atoms with E-state index in [1.165, 1.54) is 31.7 Å². The lowest BCUT2D eigenvalue weighted by molar-refractivity contribution is 0.140. The van der Waals surface area contributed by atoms with Crippen molar-refractivity contribution in [2.75, 3.05) is 66.5 Å². The van der Waals surface area contributed by atoms with E-state index in [-0.39, 0.29) is 0 Å². The van der Waals surface area contributed by atoms with Gasteiger partial charge in [-0.3, -0.25) is 4.99 Å². The fourth-order valence-electron chi connectivity index (χ4n) is 3.34. The molecule has 27 heavy (non-hydrogen) atoms. The first-order valence-corrected chi connectivity index (χ1v) is 10.2. The zero-order valence-corrected chi connectivity index (χ0v) is 17.5. The van der Waals surface area contributed by atoms with Gasteiger partial charge in [0.2, 0.25) is 0 Å². The largest absolute Gasteiger partial charge is 0.496 e. The number of rotatable bonds is 9. The summed E-state index contributed by atoms with van der Waals surface area (Å²) >= 11 is 0. The third kappa shape index (κ3) is 7.77. The Bertz CT molecular complexity index is 569. The third-order valence-corrected chi connectivity index (χ3v) is 4.95. The van der Waals surface area contributed by atoms with Gasteiger partial charge in [-0.05, 0) is 37.9 Å². The van der Waals surface area contributed by atoms with Crippen molar-refractivity contribution < 1.29 is 4.74 Å². The number of hydrogen-bond acceptors (Lipinski definition) is 4. The number of likely N-dealkylation sites (N-methyl/N-ethyl adjacent to an activating group) is 1. The highest BCUT2D eigenvalue weighted by atomic mass is 16.5. The molecule has 0 aliphatic carbocycles. The van der Waals surface area contributed by atoms with Gasteiger partial charge in [0.1, 0.15) is 5.75 Å². The predicted molar refractivity (Wildman–Crippen MR) is 114 cm³/mol. The summed E-state index contributed by atoms with van der Waals surface area (Å²) in [6, 6.07) is 8.18. The Labute approximate surface area is 165 Å². The standard InChI is InChI=1S/C21H37N5O/c1-5-22-21(23-11-10-19-8-6-7-9-20(19)27-4)24-16-18(2)17-26-14-12-25(3)13-15-26/h6-9,18H,5,10-17H2,1-4H3,(H2,22,23,24). The summed E-state index contributed by atoms with van der Waals surface area (Å²) in [5, 5.41) is 6.80. The molecule has 1 fully saturated rings. The topological polar surface area (TPSA) is 52.1 Å². The molecule has 6 heteroatoms. The Morgan fingerprint density at radius 1 is 1.19 bits per heavy atom. The number of hydrogen-bond donors (Lipinski definition) is 2. The molecule has 0 saturated carbocycles. The molecular weight excluding hydrogens is 338 g/mol. The highest BCUT2D eigenvalue weighted by Crippen LogP contribution is 2.17. The van der Waals surface area contributed by atoms with Gasteiger partial charge in [-0.2, -0.15) is 0 Å². The molecule has 1 saturated heterocycles. The van der Waals surface area contributed by atoms with Crippen LogP contribution in [0.15, 0.2) is 29.3 Å². The summed E-state index contributed by atoms with van der Waals surface area (Å²) in [7, 11) is 3.92. The van der Waals surface area contributed by atoms with Crippen LogP contribution in [0.4, 0.5) is 0 Å². The average Bonchev–Trinajstić information content (AvgIpc) is 2.68. The van der Waals surface area contributed by atoms with Gasteiger partial charge in [0, 0.05) is 52.4 Å². The summed E-state index contributed by atoms with van der Waals surface area (Å²) in [4.78, 5) is 9.75. The summed E-state index contributed by atoms with van der Waals surface area (Å²) in [6.45, 7) is 12.7. The van der Waals surface area contributed by atoms with Crippen LogP contribution in [0.3, 0.4) is 0 Å². The Hall–Kier alpha value is -1.79. The Balaban J connectivity index is 1.77. The second kappa shape index (κ2) is 11.8. The van der Waals surface area contributed by atoms with E-state index in [0.29, 0.717) is 5.92 Å². The van der Waals surface area contributed by atoms with Crippen LogP contribution in [0.2, 0.25) is 0 Å². The molecule has 1 aliphatic heterocycles. The second-order valence-electron chi connectivity index (χ2n) is 7.42. The molecule has 0 amide bonds. The number of ether oxygens (including phenoxy) is 1. The number of para-hydroxylation sites is 1. The van der Waals surface area contributed by atoms with Gasteiger partial charge in [-0.15, -0.1) is 0 Å². The predicted octanol–water partition coefficient (Wildman–Crippen LogP) is 1.68. The number of methoxy groups -OCH3 is 1. The molecule has 0 radical (unpaired) electrons. The molecule has 1 aliphatic rings. The zero-order valence-electron chi connectivity index (χ0n) is 17.5. The lowest BCUT2D eigenvalue weighted by Gasteiger charge is -2.33. The van der Waals surface area contributed by atoms with Crippen LogP contribution >= 0.6 is 0 Å². The molecule has 1 aromatic rings. The van der Waals surface area contributed by atoms with Crippen molar-refractivity contribution in [1.29, 1.82) is 0 Å². The number of nitrogens with zero attached hydrogens (tertiary/aromatic N) is 3. The van der Waals surface area contributed by atoms with Gasteiger partial charge >= 0.3 is 0 Å². The number of benzene rings is 1. The first kappa shape index (κ1) is 21.5. The number of guanidine groups is 1. The van der Waals surface area contributed by atoms with E-state index in [2.05, 4.69) is 53.5 Å². The van der Waals surface area contributed by atoms with E-state index in [1.54, 1.807) is 7.11 Å². The molecule has 1 aromatic carbocycles. The van der Waals surface area contributed by atoms with E-state index in [9.17, 15) is 0 Å². The molecule has 1 atom stereocenters. The van der Waals surface area contributed by atoms with Crippen LogP contribution in [0.5, 0.6) is 5.75 Å². The SMILES string of the molecule is CCNC(=NCC(C)CN1CCN(C)CC1)NCCc1ccccc1OC. The molecule has 1 unspecified atom stereocenters. The molecule has 2 N–H and O–H groups in total. The van der Waals surface area contributed by atoms with Gasteiger partial charge < -0.3 is 25.2 Å². The highest BCUT2D eigenvalue weighted by molar-refractivity contribution is 5.79. The van der Waals surface area contributed by atoms with Crippen molar-refractivity contribution in [1.82, 2.24) is 20.4 Å². The average molecular weight is 376 g/mol. The van der Waals surface area contributed by atoms with Crippen molar-refractivity contribution in [2.45, 2.75) is 20.3 Å². The minimum absolute atomic E-state index is 0.554. The Kier molecular flexibility index (Phi) is 9.42. The smallest absolute Gasteiger partial charge is 0.191 e. The van der Waals surface area contributed by atoms with Gasteiger partial charge in [0.25, 0.3) is 0 Å². The summed E-state index contributed by atoms with van der Waals surface area (Å²) in [5.74, 6) is 2.40. The molecule has 0 spiro atoms. The minimum Gasteiger partial charge on any atom is -0.496 e. The Morgan fingerprint density at radius 3 is 2.63 bits per heavy atom. The Morgan fingerprint density at radius 2 is 1.93 bits per heavy atom. The van der Waals surface area contributed by atoms with Crippen LogP contribution in [-0.2, 0) is 6.42 Å². The van der Waals surface area contributed by atoms with E-state index < -0.39 is 0 Å². The first-order chi connectivity index (χ1) is 13.1. The van der Waals surface area contributed by atoms with Gasteiger partial charge in [-0.25, -0.2) is 0 Å². The van der Waals surface area contributed by atoms with E-state index in [4.69, 9.17) is 9.73 Å².